The molecule has 2 rings (SSSR count). The first kappa shape index (κ1) is 17.5. The van der Waals surface area contributed by atoms with Crippen molar-refractivity contribution in [3.05, 3.63) is 35.9 Å². The van der Waals surface area contributed by atoms with Crippen LogP contribution in [0.15, 0.2) is 30.3 Å². The van der Waals surface area contributed by atoms with Gasteiger partial charge in [0.15, 0.2) is 6.10 Å². The van der Waals surface area contributed by atoms with Crippen molar-refractivity contribution >= 4 is 11.9 Å². The molecule has 1 aliphatic heterocycles. The Labute approximate surface area is 137 Å². The van der Waals surface area contributed by atoms with E-state index >= 15 is 0 Å². The van der Waals surface area contributed by atoms with Gasteiger partial charge >= 0.3 is 5.97 Å². The summed E-state index contributed by atoms with van der Waals surface area (Å²) in [5.74, 6) is -1.23. The van der Waals surface area contributed by atoms with E-state index in [0.29, 0.717) is 12.8 Å². The van der Waals surface area contributed by atoms with Gasteiger partial charge in [0, 0.05) is 0 Å². The van der Waals surface area contributed by atoms with Crippen LogP contribution in [0.3, 0.4) is 0 Å². The Kier molecular flexibility index (Phi) is 5.42. The second kappa shape index (κ2) is 7.13. The van der Waals surface area contributed by atoms with Crippen molar-refractivity contribution in [3.8, 4) is 0 Å². The summed E-state index contributed by atoms with van der Waals surface area (Å²) in [6, 6.07) is 9.71. The number of rotatable bonds is 5. The second-order valence-corrected chi connectivity index (χ2v) is 7.27. The quantitative estimate of drug-likeness (QED) is 0.875. The fourth-order valence-corrected chi connectivity index (χ4v) is 2.83. The fraction of sp³-hybridized carbons (Fsp3) is 0.556. The standard InChI is InChI=1S/C18H25NO4/c1-18(2,3)11-13(12-7-5-4-6-8-12)19-16(20)14-9-10-15(23-14)17(21)22/h4-8,13-15H,9-11H2,1-3H3,(H,19,20)(H,21,22)/t13?,14-,15+/m0/s1. The number of carboxylic acids is 1. The third-order valence-corrected chi connectivity index (χ3v) is 3.92. The zero-order valence-electron chi connectivity index (χ0n) is 13.9. The molecular weight excluding hydrogens is 294 g/mol. The number of hydrogen-bond donors (Lipinski definition) is 2. The van der Waals surface area contributed by atoms with Crippen LogP contribution in [0.1, 0.15) is 51.6 Å². The Morgan fingerprint density at radius 3 is 2.35 bits per heavy atom. The molecule has 1 amide bonds. The number of carbonyl (C=O) groups is 2. The van der Waals surface area contributed by atoms with Crippen LogP contribution < -0.4 is 5.32 Å². The molecule has 0 aliphatic carbocycles. The van der Waals surface area contributed by atoms with Gasteiger partial charge in [-0.1, -0.05) is 51.1 Å². The monoisotopic (exact) mass is 319 g/mol. The number of benzene rings is 1. The summed E-state index contributed by atoms with van der Waals surface area (Å²) >= 11 is 0. The zero-order valence-corrected chi connectivity index (χ0v) is 13.9. The van der Waals surface area contributed by atoms with E-state index in [2.05, 4.69) is 26.1 Å². The smallest absolute Gasteiger partial charge is 0.332 e. The molecule has 1 aromatic rings. The fourth-order valence-electron chi connectivity index (χ4n) is 2.83. The van der Waals surface area contributed by atoms with Crippen LogP contribution in [0.4, 0.5) is 0 Å². The van der Waals surface area contributed by atoms with E-state index in [0.717, 1.165) is 12.0 Å². The van der Waals surface area contributed by atoms with Crippen LogP contribution in [0.5, 0.6) is 0 Å². The number of aliphatic carboxylic acids is 1. The Hall–Kier alpha value is -1.88. The largest absolute Gasteiger partial charge is 0.479 e. The first-order valence-corrected chi connectivity index (χ1v) is 8.00. The summed E-state index contributed by atoms with van der Waals surface area (Å²) in [6.45, 7) is 6.38. The second-order valence-electron chi connectivity index (χ2n) is 7.27. The molecule has 1 aliphatic rings. The van der Waals surface area contributed by atoms with E-state index in [1.165, 1.54) is 0 Å². The van der Waals surface area contributed by atoms with E-state index in [9.17, 15) is 9.59 Å². The molecule has 126 valence electrons. The summed E-state index contributed by atoms with van der Waals surface area (Å²) in [5, 5.41) is 12.0. The maximum Gasteiger partial charge on any atom is 0.332 e. The SMILES string of the molecule is CC(C)(C)CC(NC(=O)[C@@H]1CC[C@H](C(=O)O)O1)c1ccccc1. The van der Waals surface area contributed by atoms with Crippen molar-refractivity contribution in [2.45, 2.75) is 58.3 Å². The lowest BCUT2D eigenvalue weighted by atomic mass is 9.85. The van der Waals surface area contributed by atoms with Crippen LogP contribution in [-0.2, 0) is 14.3 Å². The first-order chi connectivity index (χ1) is 10.8. The van der Waals surface area contributed by atoms with Gasteiger partial charge in [-0.2, -0.15) is 0 Å². The highest BCUT2D eigenvalue weighted by Gasteiger charge is 2.35. The van der Waals surface area contributed by atoms with Gasteiger partial charge in [0.25, 0.3) is 0 Å². The van der Waals surface area contributed by atoms with Crippen molar-refractivity contribution < 1.29 is 19.4 Å². The molecule has 0 aromatic heterocycles. The van der Waals surface area contributed by atoms with Crippen molar-refractivity contribution in [3.63, 3.8) is 0 Å². The molecule has 1 aromatic carbocycles. The predicted octanol–water partition coefficient (Wildman–Crippen LogP) is 2.91. The minimum Gasteiger partial charge on any atom is -0.479 e. The third kappa shape index (κ3) is 5.06. The number of carbonyl (C=O) groups excluding carboxylic acids is 1. The van der Waals surface area contributed by atoms with Crippen molar-refractivity contribution in [1.82, 2.24) is 5.32 Å². The summed E-state index contributed by atoms with van der Waals surface area (Å²) < 4.78 is 5.34. The molecule has 0 radical (unpaired) electrons. The number of amides is 1. The highest BCUT2D eigenvalue weighted by atomic mass is 16.5. The number of ether oxygens (including phenoxy) is 1. The number of carboxylic acid groups (broad SMARTS) is 1. The number of nitrogens with one attached hydrogen (secondary N) is 1. The molecular formula is C18H25NO4. The summed E-state index contributed by atoms with van der Waals surface area (Å²) in [6.07, 6.45) is 0.0613. The first-order valence-electron chi connectivity index (χ1n) is 8.00. The third-order valence-electron chi connectivity index (χ3n) is 3.92. The average molecular weight is 319 g/mol. The lowest BCUT2D eigenvalue weighted by Crippen LogP contribution is -2.39. The van der Waals surface area contributed by atoms with Crippen molar-refractivity contribution in [2.75, 3.05) is 0 Å². The van der Waals surface area contributed by atoms with Gasteiger partial charge in [-0.3, -0.25) is 4.79 Å². The van der Waals surface area contributed by atoms with Crippen LogP contribution in [0, 0.1) is 5.41 Å². The Morgan fingerprint density at radius 2 is 1.83 bits per heavy atom. The molecule has 1 saturated heterocycles. The van der Waals surface area contributed by atoms with E-state index < -0.39 is 18.2 Å². The molecule has 5 nitrogen and oxygen atoms in total. The normalized spacial score (nSPS) is 22.6. The lowest BCUT2D eigenvalue weighted by Gasteiger charge is -2.28. The van der Waals surface area contributed by atoms with Gasteiger partial charge in [-0.25, -0.2) is 4.79 Å². The van der Waals surface area contributed by atoms with Gasteiger partial charge in [0.1, 0.15) is 6.10 Å². The molecule has 0 saturated carbocycles. The van der Waals surface area contributed by atoms with Crippen LogP contribution >= 0.6 is 0 Å². The Balaban J connectivity index is 2.06. The van der Waals surface area contributed by atoms with Gasteiger partial charge in [0.2, 0.25) is 5.91 Å². The van der Waals surface area contributed by atoms with E-state index in [1.807, 2.05) is 30.3 Å². The van der Waals surface area contributed by atoms with Crippen molar-refractivity contribution in [1.29, 1.82) is 0 Å². The van der Waals surface area contributed by atoms with Gasteiger partial charge in [-0.15, -0.1) is 0 Å². The molecule has 1 unspecified atom stereocenters. The molecule has 5 heteroatoms. The van der Waals surface area contributed by atoms with Gasteiger partial charge < -0.3 is 15.2 Å². The summed E-state index contributed by atoms with van der Waals surface area (Å²) in [7, 11) is 0. The summed E-state index contributed by atoms with van der Waals surface area (Å²) in [4.78, 5) is 23.4. The van der Waals surface area contributed by atoms with Crippen LogP contribution in [0.2, 0.25) is 0 Å². The molecule has 1 fully saturated rings. The topological polar surface area (TPSA) is 75.6 Å². The average Bonchev–Trinajstić information content (AvgIpc) is 2.96. The Morgan fingerprint density at radius 1 is 1.22 bits per heavy atom. The molecule has 2 N–H and O–H groups in total. The lowest BCUT2D eigenvalue weighted by molar-refractivity contribution is -0.152. The van der Waals surface area contributed by atoms with E-state index in [-0.39, 0.29) is 17.4 Å². The zero-order chi connectivity index (χ0) is 17.0. The molecule has 0 spiro atoms. The Bertz CT molecular complexity index is 550. The van der Waals surface area contributed by atoms with Crippen LogP contribution in [-0.4, -0.2) is 29.2 Å². The van der Waals surface area contributed by atoms with Crippen LogP contribution in [0.25, 0.3) is 0 Å². The minimum atomic E-state index is -1.00. The van der Waals surface area contributed by atoms with E-state index in [1.54, 1.807) is 0 Å². The molecule has 3 atom stereocenters. The van der Waals surface area contributed by atoms with Crippen molar-refractivity contribution in [2.24, 2.45) is 5.41 Å². The van der Waals surface area contributed by atoms with Gasteiger partial charge in [0.05, 0.1) is 6.04 Å². The highest BCUT2D eigenvalue weighted by molar-refractivity contribution is 5.83. The number of hydrogen-bond acceptors (Lipinski definition) is 3. The predicted molar refractivity (Wildman–Crippen MR) is 86.9 cm³/mol. The maximum atomic E-state index is 12.5. The molecule has 1 heterocycles. The highest BCUT2D eigenvalue weighted by Crippen LogP contribution is 2.30. The maximum absolute atomic E-state index is 12.5. The summed E-state index contributed by atoms with van der Waals surface area (Å²) in [5.41, 5.74) is 1.09. The molecule has 0 bridgehead atoms. The van der Waals surface area contributed by atoms with Gasteiger partial charge in [-0.05, 0) is 30.2 Å². The van der Waals surface area contributed by atoms with E-state index in [4.69, 9.17) is 9.84 Å². The minimum absolute atomic E-state index is 0.0495. The molecule has 23 heavy (non-hydrogen) atoms.